The maximum absolute atomic E-state index is 14.0. The first kappa shape index (κ1) is 19.4. The second-order valence-corrected chi connectivity index (χ2v) is 8.88. The van der Waals surface area contributed by atoms with Crippen molar-refractivity contribution in [2.75, 3.05) is 5.32 Å². The van der Waals surface area contributed by atoms with Gasteiger partial charge in [0.1, 0.15) is 21.4 Å². The van der Waals surface area contributed by atoms with Crippen LogP contribution in [0.15, 0.2) is 28.5 Å². The number of carbonyl (C=O) groups is 1. The molecule has 1 amide bonds. The van der Waals surface area contributed by atoms with E-state index in [1.807, 2.05) is 0 Å². The third-order valence-corrected chi connectivity index (χ3v) is 5.52. The quantitative estimate of drug-likeness (QED) is 0.728. The summed E-state index contributed by atoms with van der Waals surface area (Å²) in [4.78, 5) is 15.6. The van der Waals surface area contributed by atoms with E-state index in [4.69, 9.17) is 5.73 Å². The molecule has 0 saturated carbocycles. The lowest BCUT2D eigenvalue weighted by Crippen LogP contribution is -2.40. The number of rotatable bonds is 5. The fourth-order valence-electron chi connectivity index (χ4n) is 1.95. The predicted octanol–water partition coefficient (Wildman–Crippen LogP) is 2.07. The summed E-state index contributed by atoms with van der Waals surface area (Å²) in [6.07, 6.45) is 0. The number of nitrogens with zero attached hydrogens (tertiary/aromatic N) is 1. The summed E-state index contributed by atoms with van der Waals surface area (Å²) < 4.78 is 41.0. The Morgan fingerprint density at radius 2 is 2.04 bits per heavy atom. The molecule has 136 valence electrons. The van der Waals surface area contributed by atoms with Gasteiger partial charge in [0.25, 0.3) is 5.91 Å². The van der Waals surface area contributed by atoms with Gasteiger partial charge >= 0.3 is 0 Å². The minimum Gasteiger partial charge on any atom is -0.325 e. The number of carbonyl (C=O) groups excluding carboxylic acids is 1. The van der Waals surface area contributed by atoms with Crippen molar-refractivity contribution < 1.29 is 17.6 Å². The largest absolute Gasteiger partial charge is 0.325 e. The van der Waals surface area contributed by atoms with Crippen LogP contribution in [0.1, 0.15) is 36.3 Å². The van der Waals surface area contributed by atoms with Crippen molar-refractivity contribution in [2.24, 2.45) is 5.73 Å². The number of benzene rings is 1. The number of sulfonamides is 1. The molecule has 0 radical (unpaired) electrons. The van der Waals surface area contributed by atoms with Gasteiger partial charge in [-0.2, -0.15) is 0 Å². The summed E-state index contributed by atoms with van der Waals surface area (Å²) in [6.45, 7) is 5.15. The van der Waals surface area contributed by atoms with Crippen LogP contribution in [-0.2, 0) is 16.6 Å². The van der Waals surface area contributed by atoms with Crippen molar-refractivity contribution in [3.63, 3.8) is 0 Å². The van der Waals surface area contributed by atoms with Crippen molar-refractivity contribution in [3.8, 4) is 0 Å². The van der Waals surface area contributed by atoms with Gasteiger partial charge in [-0.3, -0.25) is 4.79 Å². The van der Waals surface area contributed by atoms with E-state index in [9.17, 15) is 17.6 Å². The number of amides is 1. The van der Waals surface area contributed by atoms with Crippen LogP contribution in [0.25, 0.3) is 0 Å². The Hall–Kier alpha value is -1.88. The predicted molar refractivity (Wildman–Crippen MR) is 94.4 cm³/mol. The topological polar surface area (TPSA) is 114 Å². The number of anilines is 1. The van der Waals surface area contributed by atoms with E-state index < -0.39 is 32.2 Å². The van der Waals surface area contributed by atoms with Crippen LogP contribution >= 0.6 is 11.3 Å². The Balaban J connectivity index is 2.28. The van der Waals surface area contributed by atoms with Crippen molar-refractivity contribution >= 4 is 33.0 Å². The van der Waals surface area contributed by atoms with Crippen molar-refractivity contribution in [1.82, 2.24) is 9.71 Å². The molecule has 2 rings (SSSR count). The normalized spacial score (nSPS) is 12.2. The second-order valence-electron chi connectivity index (χ2n) is 6.29. The molecular formula is C15H19FN4O3S2. The molecule has 0 unspecified atom stereocenters. The molecule has 0 saturated heterocycles. The first-order valence-corrected chi connectivity index (χ1v) is 9.67. The standard InChI is InChI=1S/C15H19FN4O3S2/c1-15(2,3)20-25(22,23)12-6-9(4-5-10(12)16)18-14(21)11-8-24-13(7-17)19-11/h4-6,8,20H,7,17H2,1-3H3,(H,18,21). The Kier molecular flexibility index (Phi) is 5.57. The Morgan fingerprint density at radius 3 is 2.60 bits per heavy atom. The molecule has 0 aliphatic rings. The van der Waals surface area contributed by atoms with Crippen molar-refractivity contribution in [1.29, 1.82) is 0 Å². The van der Waals surface area contributed by atoms with Crippen LogP contribution in [-0.4, -0.2) is 24.8 Å². The molecule has 10 heteroatoms. The monoisotopic (exact) mass is 386 g/mol. The van der Waals surface area contributed by atoms with Crippen LogP contribution in [0.4, 0.5) is 10.1 Å². The minimum atomic E-state index is -4.08. The lowest BCUT2D eigenvalue weighted by Gasteiger charge is -2.20. The molecule has 0 aliphatic carbocycles. The molecule has 25 heavy (non-hydrogen) atoms. The number of nitrogens with one attached hydrogen (secondary N) is 2. The molecule has 1 aromatic carbocycles. The van der Waals surface area contributed by atoms with Gasteiger partial charge in [-0.05, 0) is 39.0 Å². The van der Waals surface area contributed by atoms with Crippen molar-refractivity contribution in [3.05, 3.63) is 40.1 Å². The van der Waals surface area contributed by atoms with Gasteiger partial charge in [0.2, 0.25) is 10.0 Å². The number of thiazole rings is 1. The van der Waals surface area contributed by atoms with Crippen molar-refractivity contribution in [2.45, 2.75) is 37.8 Å². The lowest BCUT2D eigenvalue weighted by atomic mass is 10.1. The summed E-state index contributed by atoms with van der Waals surface area (Å²) in [5.74, 6) is -1.44. The highest BCUT2D eigenvalue weighted by Gasteiger charge is 2.25. The Morgan fingerprint density at radius 1 is 1.36 bits per heavy atom. The second kappa shape index (κ2) is 7.16. The maximum Gasteiger partial charge on any atom is 0.275 e. The summed E-state index contributed by atoms with van der Waals surface area (Å²) >= 11 is 1.24. The van der Waals surface area contributed by atoms with Gasteiger partial charge in [0, 0.05) is 23.2 Å². The minimum absolute atomic E-state index is 0.142. The zero-order chi connectivity index (χ0) is 18.8. The van der Waals surface area contributed by atoms with Crippen LogP contribution in [0.3, 0.4) is 0 Å². The molecule has 1 heterocycles. The van der Waals surface area contributed by atoms with Gasteiger partial charge in [0.05, 0.1) is 0 Å². The SMILES string of the molecule is CC(C)(C)NS(=O)(=O)c1cc(NC(=O)c2csc(CN)n2)ccc1F. The highest BCUT2D eigenvalue weighted by Crippen LogP contribution is 2.22. The first-order chi connectivity index (χ1) is 11.5. The molecular weight excluding hydrogens is 367 g/mol. The average molecular weight is 386 g/mol. The number of halogens is 1. The third kappa shape index (κ3) is 5.05. The summed E-state index contributed by atoms with van der Waals surface area (Å²) in [5.41, 5.74) is 4.98. The van der Waals surface area contributed by atoms with E-state index in [-0.39, 0.29) is 17.9 Å². The zero-order valence-corrected chi connectivity index (χ0v) is 15.6. The fourth-order valence-corrected chi connectivity index (χ4v) is 4.13. The van der Waals surface area contributed by atoms with Gasteiger partial charge in [-0.25, -0.2) is 22.5 Å². The molecule has 0 aliphatic heterocycles. The van der Waals surface area contributed by atoms with Gasteiger partial charge in [0.15, 0.2) is 0 Å². The van der Waals surface area contributed by atoms with Crippen LogP contribution in [0.2, 0.25) is 0 Å². The highest BCUT2D eigenvalue weighted by molar-refractivity contribution is 7.89. The Labute approximate surface area is 149 Å². The number of aromatic nitrogens is 1. The van der Waals surface area contributed by atoms with Crippen LogP contribution in [0.5, 0.6) is 0 Å². The summed E-state index contributed by atoms with van der Waals surface area (Å²) in [5, 5.41) is 4.64. The van der Waals surface area contributed by atoms with E-state index in [1.165, 1.54) is 17.4 Å². The van der Waals surface area contributed by atoms with Gasteiger partial charge in [-0.1, -0.05) is 0 Å². The molecule has 0 spiro atoms. The van der Waals surface area contributed by atoms with Crippen LogP contribution < -0.4 is 15.8 Å². The number of nitrogens with two attached hydrogens (primary N) is 1. The molecule has 1 aromatic heterocycles. The van der Waals surface area contributed by atoms with E-state index in [0.29, 0.717) is 5.01 Å². The van der Waals surface area contributed by atoms with Crippen LogP contribution in [0, 0.1) is 5.82 Å². The first-order valence-electron chi connectivity index (χ1n) is 7.31. The van der Waals surface area contributed by atoms with E-state index in [1.54, 1.807) is 26.2 Å². The molecule has 4 N–H and O–H groups in total. The maximum atomic E-state index is 14.0. The molecule has 2 aromatic rings. The summed E-state index contributed by atoms with van der Waals surface area (Å²) in [6, 6.07) is 3.33. The Bertz CT molecular complexity index is 888. The van der Waals surface area contributed by atoms with E-state index in [2.05, 4.69) is 15.0 Å². The van der Waals surface area contributed by atoms with Gasteiger partial charge in [-0.15, -0.1) is 11.3 Å². The highest BCUT2D eigenvalue weighted by atomic mass is 32.2. The lowest BCUT2D eigenvalue weighted by molar-refractivity contribution is 0.102. The van der Waals surface area contributed by atoms with E-state index >= 15 is 0 Å². The van der Waals surface area contributed by atoms with Gasteiger partial charge < -0.3 is 11.1 Å². The third-order valence-electron chi connectivity index (χ3n) is 2.88. The fraction of sp³-hybridized carbons (Fsp3) is 0.333. The smallest absolute Gasteiger partial charge is 0.275 e. The number of hydrogen-bond donors (Lipinski definition) is 3. The average Bonchev–Trinajstić information content (AvgIpc) is 2.95. The number of hydrogen-bond acceptors (Lipinski definition) is 6. The zero-order valence-electron chi connectivity index (χ0n) is 14.0. The molecule has 0 bridgehead atoms. The summed E-state index contributed by atoms with van der Waals surface area (Å²) in [7, 11) is -4.08. The van der Waals surface area contributed by atoms with E-state index in [0.717, 1.165) is 12.1 Å². The molecule has 0 fully saturated rings. The molecule has 0 atom stereocenters. The molecule has 7 nitrogen and oxygen atoms in total.